The normalized spacial score (nSPS) is 16.3. The van der Waals surface area contributed by atoms with E-state index < -0.39 is 8.07 Å². The molecule has 0 radical (unpaired) electrons. The second kappa shape index (κ2) is 6.07. The molecule has 2 aromatic rings. The first-order valence-electron chi connectivity index (χ1n) is 10.2. The fourth-order valence-electron chi connectivity index (χ4n) is 5.72. The van der Waals surface area contributed by atoms with Gasteiger partial charge in [-0.05, 0) is 110 Å². The number of hydrogen-bond acceptors (Lipinski definition) is 0. The first-order valence-corrected chi connectivity index (χ1v) is 13.2. The highest BCUT2D eigenvalue weighted by Gasteiger charge is 2.40. The summed E-state index contributed by atoms with van der Waals surface area (Å²) in [6.45, 7) is 19.1. The van der Waals surface area contributed by atoms with Gasteiger partial charge < -0.3 is 0 Å². The molecule has 0 bridgehead atoms. The van der Waals surface area contributed by atoms with Gasteiger partial charge in [0.25, 0.3) is 0 Å². The van der Waals surface area contributed by atoms with E-state index in [-0.39, 0.29) is 0 Å². The summed E-state index contributed by atoms with van der Waals surface area (Å²) in [4.78, 5) is 0. The van der Waals surface area contributed by atoms with E-state index in [9.17, 15) is 0 Å². The Hall–Kier alpha value is -1.86. The fourth-order valence-corrected chi connectivity index (χ4v) is 9.45. The molecule has 0 aliphatic heterocycles. The molecule has 27 heavy (non-hydrogen) atoms. The van der Waals surface area contributed by atoms with Crippen LogP contribution in [-0.4, -0.2) is 8.07 Å². The van der Waals surface area contributed by atoms with Gasteiger partial charge in [-0.25, -0.2) is 0 Å². The zero-order chi connectivity index (χ0) is 19.7. The van der Waals surface area contributed by atoms with Gasteiger partial charge in [-0.3, -0.25) is 0 Å². The highest BCUT2D eigenvalue weighted by molar-refractivity contribution is 6.92. The van der Waals surface area contributed by atoms with Gasteiger partial charge in [0.1, 0.15) is 8.07 Å². The van der Waals surface area contributed by atoms with Crippen molar-refractivity contribution in [3.8, 4) is 0 Å². The SMILES string of the molecule is CC1=C([Si](C)(C)C2=C(C)c3c(C)ccc(C)c3C2)Cc2c(C)ccc(C)c21. The minimum Gasteiger partial charge on any atom is -0.0686 e. The van der Waals surface area contributed by atoms with E-state index in [0.29, 0.717) is 0 Å². The van der Waals surface area contributed by atoms with E-state index in [1.54, 1.807) is 43.8 Å². The third kappa shape index (κ3) is 2.55. The summed E-state index contributed by atoms with van der Waals surface area (Å²) in [5.74, 6) is 0. The number of benzene rings is 2. The number of rotatable bonds is 2. The summed E-state index contributed by atoms with van der Waals surface area (Å²) in [6, 6.07) is 9.22. The van der Waals surface area contributed by atoms with Crippen molar-refractivity contribution in [1.29, 1.82) is 0 Å². The Labute approximate surface area is 166 Å². The predicted octanol–water partition coefficient (Wildman–Crippen LogP) is 7.07. The van der Waals surface area contributed by atoms with Crippen LogP contribution in [-0.2, 0) is 12.8 Å². The van der Waals surface area contributed by atoms with Crippen LogP contribution in [0, 0.1) is 27.7 Å². The molecule has 0 N–H and O–H groups in total. The first-order chi connectivity index (χ1) is 12.6. The lowest BCUT2D eigenvalue weighted by Crippen LogP contribution is -2.34. The third-order valence-corrected chi connectivity index (χ3v) is 11.5. The van der Waals surface area contributed by atoms with E-state index in [1.807, 2.05) is 0 Å². The minimum absolute atomic E-state index is 1.17. The van der Waals surface area contributed by atoms with Crippen LogP contribution in [0.25, 0.3) is 11.1 Å². The average molecular weight is 373 g/mol. The predicted molar refractivity (Wildman–Crippen MR) is 122 cm³/mol. The van der Waals surface area contributed by atoms with Gasteiger partial charge >= 0.3 is 0 Å². The van der Waals surface area contributed by atoms with Crippen LogP contribution in [0.2, 0.25) is 13.1 Å². The smallest absolute Gasteiger partial charge is 0.0686 e. The maximum Gasteiger partial charge on any atom is 0.104 e. The van der Waals surface area contributed by atoms with Gasteiger partial charge in [0.15, 0.2) is 0 Å². The van der Waals surface area contributed by atoms with E-state index in [2.05, 4.69) is 78.9 Å². The molecule has 0 saturated carbocycles. The zero-order valence-corrected chi connectivity index (χ0v) is 19.2. The average Bonchev–Trinajstić information content (AvgIpc) is 3.15. The summed E-state index contributed by atoms with van der Waals surface area (Å²) in [6.07, 6.45) is 2.33. The number of hydrogen-bond donors (Lipinski definition) is 0. The van der Waals surface area contributed by atoms with E-state index in [1.165, 1.54) is 35.1 Å². The molecule has 1 heteroatoms. The first kappa shape index (κ1) is 18.5. The van der Waals surface area contributed by atoms with Crippen molar-refractivity contribution in [3.05, 3.63) is 79.2 Å². The molecule has 2 aromatic carbocycles. The van der Waals surface area contributed by atoms with E-state index >= 15 is 0 Å². The molecule has 0 unspecified atom stereocenters. The van der Waals surface area contributed by atoms with Crippen LogP contribution in [0.15, 0.2) is 34.7 Å². The second-order valence-corrected chi connectivity index (χ2v) is 13.7. The molecule has 0 spiro atoms. The molecule has 0 amide bonds. The lowest BCUT2D eigenvalue weighted by atomic mass is 9.97. The molecule has 140 valence electrons. The standard InChI is InChI=1S/C26H32Si/c1-15-9-11-17(3)25-19(5)23(13-21(15)25)27(7,8)24-14-22-16(2)10-12-18(4)26(22)20(24)6/h9-12H,13-14H2,1-8H3. The van der Waals surface area contributed by atoms with Crippen LogP contribution in [0.5, 0.6) is 0 Å². The van der Waals surface area contributed by atoms with Crippen molar-refractivity contribution in [2.24, 2.45) is 0 Å². The Kier molecular flexibility index (Phi) is 4.16. The van der Waals surface area contributed by atoms with Crippen molar-refractivity contribution in [3.63, 3.8) is 0 Å². The minimum atomic E-state index is -1.69. The molecular weight excluding hydrogens is 340 g/mol. The van der Waals surface area contributed by atoms with Gasteiger partial charge in [0.05, 0.1) is 0 Å². The van der Waals surface area contributed by atoms with Crippen LogP contribution >= 0.6 is 0 Å². The van der Waals surface area contributed by atoms with E-state index in [0.717, 1.165) is 0 Å². The zero-order valence-electron chi connectivity index (χ0n) is 18.2. The molecule has 0 atom stereocenters. The molecule has 0 fully saturated rings. The third-order valence-electron chi connectivity index (χ3n) is 7.38. The Morgan fingerprint density at radius 2 is 0.889 bits per heavy atom. The number of fused-ring (bicyclic) bond motifs is 2. The van der Waals surface area contributed by atoms with Crippen molar-refractivity contribution in [2.75, 3.05) is 0 Å². The largest absolute Gasteiger partial charge is 0.104 e. The Balaban J connectivity index is 1.85. The lowest BCUT2D eigenvalue weighted by molar-refractivity contribution is 1.17. The molecule has 4 rings (SSSR count). The lowest BCUT2D eigenvalue weighted by Gasteiger charge is -2.29. The summed E-state index contributed by atoms with van der Waals surface area (Å²) < 4.78 is 0. The van der Waals surface area contributed by atoms with Gasteiger partial charge in [0, 0.05) is 0 Å². The van der Waals surface area contributed by atoms with E-state index in [4.69, 9.17) is 0 Å². The van der Waals surface area contributed by atoms with Crippen LogP contribution in [0.3, 0.4) is 0 Å². The van der Waals surface area contributed by atoms with Crippen LogP contribution in [0.4, 0.5) is 0 Å². The van der Waals surface area contributed by atoms with Crippen molar-refractivity contribution >= 4 is 19.2 Å². The molecule has 2 aliphatic carbocycles. The van der Waals surface area contributed by atoms with Crippen molar-refractivity contribution < 1.29 is 0 Å². The molecule has 0 aromatic heterocycles. The molecule has 0 saturated heterocycles. The molecule has 0 heterocycles. The molecular formula is C26H32Si. The monoisotopic (exact) mass is 372 g/mol. The maximum atomic E-state index is 2.60. The van der Waals surface area contributed by atoms with Gasteiger partial charge in [-0.2, -0.15) is 0 Å². The Morgan fingerprint density at radius 1 is 0.556 bits per heavy atom. The summed E-state index contributed by atoms with van der Waals surface area (Å²) >= 11 is 0. The maximum absolute atomic E-state index is 2.60. The Bertz CT molecular complexity index is 961. The number of allylic oxidation sites excluding steroid dienone is 4. The second-order valence-electron chi connectivity index (χ2n) is 9.29. The summed E-state index contributed by atoms with van der Waals surface area (Å²) in [7, 11) is -1.69. The van der Waals surface area contributed by atoms with Crippen LogP contribution in [0.1, 0.15) is 58.4 Å². The van der Waals surface area contributed by atoms with Gasteiger partial charge in [0.2, 0.25) is 0 Å². The highest BCUT2D eigenvalue weighted by Crippen LogP contribution is 2.47. The fraction of sp³-hybridized carbons (Fsp3) is 0.385. The summed E-state index contributed by atoms with van der Waals surface area (Å²) in [5.41, 5.74) is 15.2. The van der Waals surface area contributed by atoms with Crippen LogP contribution < -0.4 is 0 Å². The Morgan fingerprint density at radius 3 is 1.22 bits per heavy atom. The van der Waals surface area contributed by atoms with Gasteiger partial charge in [-0.15, -0.1) is 0 Å². The quantitative estimate of drug-likeness (QED) is 0.495. The molecule has 0 nitrogen and oxygen atoms in total. The highest BCUT2D eigenvalue weighted by atomic mass is 28.3. The van der Waals surface area contributed by atoms with Crippen molar-refractivity contribution in [1.82, 2.24) is 0 Å². The summed E-state index contributed by atoms with van der Waals surface area (Å²) in [5, 5.41) is 3.51. The van der Waals surface area contributed by atoms with Gasteiger partial charge in [-0.1, -0.05) is 47.8 Å². The number of aryl methyl sites for hydroxylation is 4. The van der Waals surface area contributed by atoms with Crippen molar-refractivity contribution in [2.45, 2.75) is 67.5 Å². The molecule has 2 aliphatic rings. The topological polar surface area (TPSA) is 0 Å².